The molecule has 1 heterocycles. The molecule has 0 bridgehead atoms. The van der Waals surface area contributed by atoms with E-state index in [2.05, 4.69) is 10.2 Å². The molecule has 11 heteroatoms. The minimum atomic E-state index is -4.61. The monoisotopic (exact) mass is 373 g/mol. The number of hydrogen-bond donors (Lipinski definition) is 0. The van der Waals surface area contributed by atoms with Gasteiger partial charge in [-0.05, 0) is 19.1 Å². The largest absolute Gasteiger partial charge is 0.416 e. The summed E-state index contributed by atoms with van der Waals surface area (Å²) < 4.78 is 61.1. The van der Waals surface area contributed by atoms with Crippen LogP contribution >= 0.6 is 23.2 Å². The summed E-state index contributed by atoms with van der Waals surface area (Å²) >= 11 is 11.6. The Kier molecular flexibility index (Phi) is 4.18. The van der Waals surface area contributed by atoms with E-state index in [-0.39, 0.29) is 26.5 Å². The van der Waals surface area contributed by atoms with Crippen LogP contribution in [0.3, 0.4) is 0 Å². The van der Waals surface area contributed by atoms with Crippen molar-refractivity contribution in [2.75, 3.05) is 6.26 Å². The fourth-order valence-electron chi connectivity index (χ4n) is 1.73. The second-order valence-corrected chi connectivity index (χ2v) is 7.18. The molecule has 0 amide bonds. The van der Waals surface area contributed by atoms with Gasteiger partial charge in [-0.25, -0.2) is 8.42 Å². The normalized spacial score (nSPS) is 12.7. The molecule has 120 valence electrons. The van der Waals surface area contributed by atoms with E-state index in [1.807, 2.05) is 0 Å². The average Bonchev–Trinajstić information content (AvgIpc) is 2.68. The first kappa shape index (κ1) is 17.0. The van der Waals surface area contributed by atoms with Gasteiger partial charge in [-0.3, -0.25) is 0 Å². The van der Waals surface area contributed by atoms with Crippen molar-refractivity contribution in [3.8, 4) is 5.69 Å². The Morgan fingerprint density at radius 1 is 1.14 bits per heavy atom. The highest BCUT2D eigenvalue weighted by Gasteiger charge is 2.32. The molecule has 2 aromatic rings. The van der Waals surface area contributed by atoms with Crippen molar-refractivity contribution in [3.05, 3.63) is 33.4 Å². The number of hydrogen-bond acceptors (Lipinski definition) is 4. The zero-order valence-electron chi connectivity index (χ0n) is 11.1. The Hall–Kier alpha value is -1.32. The van der Waals surface area contributed by atoms with Gasteiger partial charge in [0, 0.05) is 6.26 Å². The molecule has 0 radical (unpaired) electrons. The third-order valence-electron chi connectivity index (χ3n) is 2.64. The minimum absolute atomic E-state index is 0.0783. The molecule has 22 heavy (non-hydrogen) atoms. The number of alkyl halides is 3. The molecule has 1 aromatic carbocycles. The van der Waals surface area contributed by atoms with E-state index in [0.717, 1.165) is 11.1 Å². The molecule has 0 saturated heterocycles. The smallest absolute Gasteiger partial charge is 0.222 e. The molecule has 2 rings (SSSR count). The Morgan fingerprint density at radius 2 is 1.64 bits per heavy atom. The van der Waals surface area contributed by atoms with E-state index in [4.69, 9.17) is 23.2 Å². The van der Waals surface area contributed by atoms with Crippen molar-refractivity contribution >= 4 is 33.0 Å². The summed E-state index contributed by atoms with van der Waals surface area (Å²) in [5, 5.41) is 6.56. The zero-order valence-corrected chi connectivity index (χ0v) is 13.4. The highest BCUT2D eigenvalue weighted by molar-refractivity contribution is 7.90. The standard InChI is InChI=1S/C11H8Cl2F3N3O2S/c1-5-10(22(2,20)21)18-19(17-5)9-7(12)3-6(4-8(9)13)11(14,15)16/h3-4H,1-2H3. The topological polar surface area (TPSA) is 64.8 Å². The lowest BCUT2D eigenvalue weighted by atomic mass is 10.2. The van der Waals surface area contributed by atoms with Gasteiger partial charge >= 0.3 is 6.18 Å². The van der Waals surface area contributed by atoms with E-state index in [1.165, 1.54) is 6.92 Å². The maximum atomic E-state index is 12.7. The van der Waals surface area contributed by atoms with Gasteiger partial charge in [0.25, 0.3) is 0 Å². The summed E-state index contributed by atoms with van der Waals surface area (Å²) in [4.78, 5) is 0.802. The predicted octanol–water partition coefficient (Wildman–Crippen LogP) is 3.30. The van der Waals surface area contributed by atoms with Crippen LogP contribution in [0.15, 0.2) is 17.2 Å². The van der Waals surface area contributed by atoms with Crippen LogP contribution in [-0.4, -0.2) is 29.7 Å². The van der Waals surface area contributed by atoms with Crippen molar-refractivity contribution < 1.29 is 21.6 Å². The number of benzene rings is 1. The second-order valence-electron chi connectivity index (χ2n) is 4.44. The predicted molar refractivity (Wildman–Crippen MR) is 74.2 cm³/mol. The van der Waals surface area contributed by atoms with E-state index in [0.29, 0.717) is 12.1 Å². The quantitative estimate of drug-likeness (QED) is 0.809. The van der Waals surface area contributed by atoms with Crippen LogP contribution in [0.1, 0.15) is 11.3 Å². The molecule has 1 aromatic heterocycles. The molecule has 0 fully saturated rings. The maximum absolute atomic E-state index is 12.7. The highest BCUT2D eigenvalue weighted by atomic mass is 35.5. The lowest BCUT2D eigenvalue weighted by Gasteiger charge is -2.11. The van der Waals surface area contributed by atoms with Gasteiger partial charge in [0.15, 0.2) is 14.9 Å². The molecule has 0 N–H and O–H groups in total. The van der Waals surface area contributed by atoms with Crippen molar-refractivity contribution in [1.29, 1.82) is 0 Å². The lowest BCUT2D eigenvalue weighted by Crippen LogP contribution is -2.08. The Balaban J connectivity index is 2.65. The first-order valence-corrected chi connectivity index (χ1v) is 8.26. The molecule has 0 aliphatic heterocycles. The van der Waals surface area contributed by atoms with Gasteiger partial charge in [-0.15, -0.1) is 9.90 Å². The fourth-order valence-corrected chi connectivity index (χ4v) is 3.17. The number of rotatable bonds is 2. The summed E-state index contributed by atoms with van der Waals surface area (Å²) in [7, 11) is -3.64. The SMILES string of the molecule is Cc1nn(-c2c(Cl)cc(C(F)(F)F)cc2Cl)nc1S(C)(=O)=O. The lowest BCUT2D eigenvalue weighted by molar-refractivity contribution is -0.137. The third-order valence-corrected chi connectivity index (χ3v) is 4.29. The Labute approximate surface area is 133 Å². The van der Waals surface area contributed by atoms with Crippen LogP contribution in [0.2, 0.25) is 10.0 Å². The third kappa shape index (κ3) is 3.21. The fraction of sp³-hybridized carbons (Fsp3) is 0.273. The average molecular weight is 374 g/mol. The summed E-state index contributed by atoms with van der Waals surface area (Å²) in [6.07, 6.45) is -3.68. The number of halogens is 5. The van der Waals surface area contributed by atoms with E-state index in [9.17, 15) is 21.6 Å². The maximum Gasteiger partial charge on any atom is 0.416 e. The van der Waals surface area contributed by atoms with Gasteiger partial charge in [-0.2, -0.15) is 18.3 Å². The van der Waals surface area contributed by atoms with Crippen LogP contribution in [0.5, 0.6) is 0 Å². The summed E-state index contributed by atoms with van der Waals surface area (Å²) in [6.45, 7) is 1.39. The van der Waals surface area contributed by atoms with Crippen LogP contribution in [0, 0.1) is 6.92 Å². The van der Waals surface area contributed by atoms with E-state index >= 15 is 0 Å². The molecule has 0 saturated carbocycles. The van der Waals surface area contributed by atoms with E-state index in [1.54, 1.807) is 0 Å². The number of aromatic nitrogens is 3. The van der Waals surface area contributed by atoms with Gasteiger partial charge in [0.05, 0.1) is 21.3 Å². The highest BCUT2D eigenvalue weighted by Crippen LogP contribution is 2.37. The van der Waals surface area contributed by atoms with Crippen LogP contribution in [-0.2, 0) is 16.0 Å². The number of nitrogens with zero attached hydrogens (tertiary/aromatic N) is 3. The second kappa shape index (κ2) is 5.39. The molecular formula is C11H8Cl2F3N3O2S. The minimum Gasteiger partial charge on any atom is -0.222 e. The molecule has 0 aliphatic rings. The van der Waals surface area contributed by atoms with Gasteiger partial charge < -0.3 is 0 Å². The van der Waals surface area contributed by atoms with Crippen LogP contribution in [0.4, 0.5) is 13.2 Å². The van der Waals surface area contributed by atoms with Gasteiger partial charge in [0.1, 0.15) is 5.69 Å². The first-order chi connectivity index (χ1) is 9.91. The number of aryl methyl sites for hydroxylation is 1. The summed E-state index contributed by atoms with van der Waals surface area (Å²) in [6, 6.07) is 1.34. The zero-order chi connectivity index (χ0) is 16.9. The molecule has 0 atom stereocenters. The Morgan fingerprint density at radius 3 is 2.00 bits per heavy atom. The van der Waals surface area contributed by atoms with Gasteiger partial charge in [-0.1, -0.05) is 23.2 Å². The van der Waals surface area contributed by atoms with Crippen molar-refractivity contribution in [1.82, 2.24) is 15.0 Å². The van der Waals surface area contributed by atoms with Gasteiger partial charge in [0.2, 0.25) is 0 Å². The van der Waals surface area contributed by atoms with Crippen LogP contribution in [0.25, 0.3) is 5.69 Å². The Bertz CT molecular complexity index is 824. The van der Waals surface area contributed by atoms with E-state index < -0.39 is 21.6 Å². The summed E-state index contributed by atoms with van der Waals surface area (Å²) in [5.41, 5.74) is -1.08. The van der Waals surface area contributed by atoms with Crippen LogP contribution < -0.4 is 0 Å². The molecule has 0 spiro atoms. The molecule has 0 unspecified atom stereocenters. The molecule has 0 aliphatic carbocycles. The molecule has 5 nitrogen and oxygen atoms in total. The van der Waals surface area contributed by atoms with Crippen molar-refractivity contribution in [2.24, 2.45) is 0 Å². The van der Waals surface area contributed by atoms with Crippen molar-refractivity contribution in [3.63, 3.8) is 0 Å². The van der Waals surface area contributed by atoms with Crippen molar-refractivity contribution in [2.45, 2.75) is 18.1 Å². The molecular weight excluding hydrogens is 366 g/mol. The summed E-state index contributed by atoms with van der Waals surface area (Å²) in [5.74, 6) is 0. The number of sulfone groups is 1. The first-order valence-electron chi connectivity index (χ1n) is 5.62.